The van der Waals surface area contributed by atoms with Crippen molar-refractivity contribution < 1.29 is 44.3 Å². The second-order valence-electron chi connectivity index (χ2n) is 2.46. The maximum absolute atomic E-state index is 10.6. The maximum atomic E-state index is 10.6. The van der Waals surface area contributed by atoms with Gasteiger partial charge in [0.05, 0.1) is 5.97 Å². The van der Waals surface area contributed by atoms with E-state index in [1.807, 2.05) is 0 Å². The molecule has 1 atom stereocenters. The van der Waals surface area contributed by atoms with Gasteiger partial charge in [0.25, 0.3) is 0 Å². The Labute approximate surface area is 92.2 Å². The molecule has 1 fully saturated rings. The SMILES string of the molecule is O=C([O-])CNC1CNC(=O)C1.[Na+]. The molecule has 1 amide bonds. The topological polar surface area (TPSA) is 81.3 Å². The predicted molar refractivity (Wildman–Crippen MR) is 34.4 cm³/mol. The average Bonchev–Trinajstić information content (AvgIpc) is 2.31. The van der Waals surface area contributed by atoms with Crippen molar-refractivity contribution in [2.45, 2.75) is 12.5 Å². The number of hydrogen-bond donors (Lipinski definition) is 2. The van der Waals surface area contributed by atoms with Gasteiger partial charge in [-0.15, -0.1) is 0 Å². The standard InChI is InChI=1S/C6H10N2O3.Na/c9-5-1-4(2-8-5)7-3-6(10)11;/h4,7H,1-3H2,(H,8,9)(H,10,11);/q;+1/p-1. The van der Waals surface area contributed by atoms with Crippen molar-refractivity contribution >= 4 is 11.9 Å². The number of carbonyl (C=O) groups excluding carboxylic acids is 2. The number of carbonyl (C=O) groups is 2. The molecule has 1 heterocycles. The molecule has 5 nitrogen and oxygen atoms in total. The first-order valence-corrected chi connectivity index (χ1v) is 3.38. The minimum atomic E-state index is -1.15. The Hall–Kier alpha value is -0.100. The van der Waals surface area contributed by atoms with Crippen molar-refractivity contribution in [1.82, 2.24) is 10.6 Å². The summed E-state index contributed by atoms with van der Waals surface area (Å²) in [6.45, 7) is 0.311. The number of nitrogens with one attached hydrogen (secondary N) is 2. The van der Waals surface area contributed by atoms with E-state index in [0.717, 1.165) is 0 Å². The van der Waals surface area contributed by atoms with Gasteiger partial charge in [0.15, 0.2) is 0 Å². The van der Waals surface area contributed by atoms with Crippen LogP contribution in [-0.2, 0) is 9.59 Å². The van der Waals surface area contributed by atoms with E-state index in [-0.39, 0.29) is 48.1 Å². The fraction of sp³-hybridized carbons (Fsp3) is 0.667. The molecule has 0 spiro atoms. The Bertz CT molecular complexity index is 186. The van der Waals surface area contributed by atoms with Crippen LogP contribution in [0, 0.1) is 0 Å². The van der Waals surface area contributed by atoms with E-state index in [2.05, 4.69) is 10.6 Å². The summed E-state index contributed by atoms with van der Waals surface area (Å²) < 4.78 is 0. The summed E-state index contributed by atoms with van der Waals surface area (Å²) in [5, 5.41) is 15.2. The van der Waals surface area contributed by atoms with Gasteiger partial charge in [0.2, 0.25) is 5.91 Å². The van der Waals surface area contributed by atoms with Gasteiger partial charge in [-0.1, -0.05) is 0 Å². The van der Waals surface area contributed by atoms with Crippen LogP contribution in [0.25, 0.3) is 0 Å². The molecule has 0 bridgehead atoms. The van der Waals surface area contributed by atoms with E-state index in [9.17, 15) is 14.7 Å². The fourth-order valence-corrected chi connectivity index (χ4v) is 0.977. The van der Waals surface area contributed by atoms with Crippen molar-refractivity contribution in [3.05, 3.63) is 0 Å². The molecular formula is C6H9N2NaO3. The first kappa shape index (κ1) is 11.9. The monoisotopic (exact) mass is 180 g/mol. The first-order valence-electron chi connectivity index (χ1n) is 3.38. The van der Waals surface area contributed by atoms with Gasteiger partial charge < -0.3 is 20.5 Å². The van der Waals surface area contributed by atoms with Crippen LogP contribution in [0.1, 0.15) is 6.42 Å². The largest absolute Gasteiger partial charge is 1.00 e. The number of amides is 1. The summed E-state index contributed by atoms with van der Waals surface area (Å²) in [6.07, 6.45) is 0.354. The smallest absolute Gasteiger partial charge is 0.549 e. The maximum Gasteiger partial charge on any atom is 1.00 e. The van der Waals surface area contributed by atoms with Crippen LogP contribution < -0.4 is 45.3 Å². The Morgan fingerprint density at radius 2 is 2.42 bits per heavy atom. The van der Waals surface area contributed by atoms with Crippen molar-refractivity contribution in [1.29, 1.82) is 0 Å². The van der Waals surface area contributed by atoms with Crippen molar-refractivity contribution in [3.8, 4) is 0 Å². The summed E-state index contributed by atoms with van der Waals surface area (Å²) in [5.74, 6) is -1.19. The van der Waals surface area contributed by atoms with Gasteiger partial charge in [0, 0.05) is 25.6 Å². The molecule has 12 heavy (non-hydrogen) atoms. The van der Waals surface area contributed by atoms with Gasteiger partial charge in [-0.25, -0.2) is 0 Å². The average molecular weight is 180 g/mol. The van der Waals surface area contributed by atoms with Gasteiger partial charge in [0.1, 0.15) is 0 Å². The van der Waals surface area contributed by atoms with Crippen LogP contribution in [0.4, 0.5) is 0 Å². The number of carboxylic acid groups (broad SMARTS) is 1. The molecule has 0 aliphatic carbocycles. The normalized spacial score (nSPS) is 21.3. The first-order chi connectivity index (χ1) is 5.18. The Morgan fingerprint density at radius 1 is 1.75 bits per heavy atom. The summed E-state index contributed by atoms with van der Waals surface area (Å²) in [5.41, 5.74) is 0. The molecule has 0 aromatic rings. The summed E-state index contributed by atoms with van der Waals surface area (Å²) in [6, 6.07) is -0.0552. The Balaban J connectivity index is 0.00000121. The summed E-state index contributed by atoms with van der Waals surface area (Å²) in [7, 11) is 0. The van der Waals surface area contributed by atoms with Gasteiger partial charge in [-0.05, 0) is 0 Å². The Kier molecular flexibility index (Phi) is 5.48. The van der Waals surface area contributed by atoms with E-state index in [1.54, 1.807) is 0 Å². The van der Waals surface area contributed by atoms with Gasteiger partial charge in [-0.3, -0.25) is 4.79 Å². The molecular weight excluding hydrogens is 171 g/mol. The molecule has 1 rings (SSSR count). The second-order valence-corrected chi connectivity index (χ2v) is 2.46. The van der Waals surface area contributed by atoms with Crippen LogP contribution in [0.5, 0.6) is 0 Å². The molecule has 1 aliphatic rings. The van der Waals surface area contributed by atoms with Crippen LogP contribution in [0.2, 0.25) is 0 Å². The van der Waals surface area contributed by atoms with E-state index < -0.39 is 5.97 Å². The molecule has 6 heteroatoms. The molecule has 62 valence electrons. The fourth-order valence-electron chi connectivity index (χ4n) is 0.977. The van der Waals surface area contributed by atoms with Crippen LogP contribution in [0.15, 0.2) is 0 Å². The molecule has 1 aliphatic heterocycles. The molecule has 0 saturated carbocycles. The molecule has 0 aromatic heterocycles. The third-order valence-electron chi connectivity index (χ3n) is 1.51. The van der Waals surface area contributed by atoms with Crippen molar-refractivity contribution in [2.24, 2.45) is 0 Å². The van der Waals surface area contributed by atoms with E-state index >= 15 is 0 Å². The third kappa shape index (κ3) is 4.06. The van der Waals surface area contributed by atoms with Crippen LogP contribution in [0.3, 0.4) is 0 Å². The third-order valence-corrected chi connectivity index (χ3v) is 1.51. The van der Waals surface area contributed by atoms with Crippen LogP contribution in [-0.4, -0.2) is 31.0 Å². The molecule has 0 aromatic carbocycles. The predicted octanol–water partition coefficient (Wildman–Crippen LogP) is -5.78. The van der Waals surface area contributed by atoms with Crippen molar-refractivity contribution in [3.63, 3.8) is 0 Å². The van der Waals surface area contributed by atoms with Gasteiger partial charge in [-0.2, -0.15) is 0 Å². The number of hydrogen-bond acceptors (Lipinski definition) is 4. The minimum absolute atomic E-state index is 0. The quantitative estimate of drug-likeness (QED) is 0.424. The van der Waals surface area contributed by atoms with Crippen LogP contribution >= 0.6 is 0 Å². The number of carboxylic acids is 1. The summed E-state index contributed by atoms with van der Waals surface area (Å²) in [4.78, 5) is 20.5. The molecule has 1 saturated heterocycles. The minimum Gasteiger partial charge on any atom is -0.549 e. The molecule has 2 N–H and O–H groups in total. The zero-order chi connectivity index (χ0) is 8.27. The molecule has 1 unspecified atom stereocenters. The number of rotatable bonds is 3. The van der Waals surface area contributed by atoms with Gasteiger partial charge >= 0.3 is 29.6 Å². The molecule has 0 radical (unpaired) electrons. The summed E-state index contributed by atoms with van der Waals surface area (Å²) >= 11 is 0. The van der Waals surface area contributed by atoms with Crippen molar-refractivity contribution in [2.75, 3.05) is 13.1 Å². The zero-order valence-corrected chi connectivity index (χ0v) is 8.92. The Morgan fingerprint density at radius 3 is 2.83 bits per heavy atom. The second kappa shape index (κ2) is 5.53. The van der Waals surface area contributed by atoms with E-state index in [4.69, 9.17) is 0 Å². The van der Waals surface area contributed by atoms with E-state index in [1.165, 1.54) is 0 Å². The zero-order valence-electron chi connectivity index (χ0n) is 6.92. The number of aliphatic carboxylic acids is 1. The van der Waals surface area contributed by atoms with E-state index in [0.29, 0.717) is 13.0 Å².